The van der Waals surface area contributed by atoms with Gasteiger partial charge in [-0.25, -0.2) is 22.1 Å². The lowest BCUT2D eigenvalue weighted by atomic mass is 10.1. The number of halogens is 1. The van der Waals surface area contributed by atoms with Gasteiger partial charge in [-0.2, -0.15) is 17.1 Å². The Morgan fingerprint density at radius 3 is 2.31 bits per heavy atom. The second-order valence-corrected chi connectivity index (χ2v) is 14.1. The fraction of sp³-hybridized carbons (Fsp3) is 0.367. The van der Waals surface area contributed by atoms with Gasteiger partial charge in [0.2, 0.25) is 5.95 Å². The molecule has 0 radical (unpaired) electrons. The van der Waals surface area contributed by atoms with E-state index in [4.69, 9.17) is 0 Å². The molecule has 0 unspecified atom stereocenters. The van der Waals surface area contributed by atoms with E-state index in [-0.39, 0.29) is 11.4 Å². The van der Waals surface area contributed by atoms with Gasteiger partial charge in [0.15, 0.2) is 0 Å². The van der Waals surface area contributed by atoms with E-state index in [1.165, 1.54) is 14.5 Å². The molecule has 0 bridgehead atoms. The molecule has 1 fully saturated rings. The van der Waals surface area contributed by atoms with Crippen LogP contribution in [0, 0.1) is 5.95 Å². The predicted molar refractivity (Wildman–Crippen MR) is 161 cm³/mol. The van der Waals surface area contributed by atoms with Gasteiger partial charge in [-0.1, -0.05) is 48.9 Å². The van der Waals surface area contributed by atoms with E-state index in [0.717, 1.165) is 30.2 Å². The van der Waals surface area contributed by atoms with Gasteiger partial charge in [0.25, 0.3) is 20.2 Å². The van der Waals surface area contributed by atoms with E-state index in [0.29, 0.717) is 56.6 Å². The SMILES string of the molecule is O=S(=O)(NCCCCN(Cc1cccnc1F)Cc1cn(S(=O)(=O)c2ccccc2)c2ccccc12)N1CCCCC1. The van der Waals surface area contributed by atoms with Crippen molar-refractivity contribution in [1.29, 1.82) is 0 Å². The quantitative estimate of drug-likeness (QED) is 0.176. The Morgan fingerprint density at radius 1 is 0.833 bits per heavy atom. The average molecular weight is 614 g/mol. The number of para-hydroxylation sites is 1. The lowest BCUT2D eigenvalue weighted by Gasteiger charge is -2.26. The van der Waals surface area contributed by atoms with Crippen molar-refractivity contribution in [2.75, 3.05) is 26.2 Å². The zero-order chi connectivity index (χ0) is 29.6. The van der Waals surface area contributed by atoms with Crippen LogP contribution in [0.3, 0.4) is 0 Å². The number of aromatic nitrogens is 2. The van der Waals surface area contributed by atoms with Crippen LogP contribution in [0.5, 0.6) is 0 Å². The molecule has 0 amide bonds. The van der Waals surface area contributed by atoms with Crippen molar-refractivity contribution in [1.82, 2.24) is 22.9 Å². The molecule has 42 heavy (non-hydrogen) atoms. The Labute approximate surface area is 247 Å². The summed E-state index contributed by atoms with van der Waals surface area (Å²) in [5, 5.41) is 0.794. The Hall–Kier alpha value is -3.16. The third-order valence-corrected chi connectivity index (χ3v) is 10.8. The molecule has 5 rings (SSSR count). The van der Waals surface area contributed by atoms with E-state index in [1.807, 2.05) is 17.0 Å². The fourth-order valence-corrected chi connectivity index (χ4v) is 8.08. The third kappa shape index (κ3) is 7.07. The van der Waals surface area contributed by atoms with Crippen LogP contribution in [-0.4, -0.2) is 61.2 Å². The van der Waals surface area contributed by atoms with E-state index < -0.39 is 26.2 Å². The van der Waals surface area contributed by atoms with Crippen molar-refractivity contribution in [2.45, 2.75) is 50.1 Å². The standard InChI is InChI=1S/C30H36FN5O4S2/c31-30-25(12-11-17-32-30)22-34(19-10-7-18-33-42(39,40)35-20-8-2-9-21-35)23-26-24-36(29-16-6-5-15-28(26)29)41(37,38)27-13-3-1-4-14-27/h1,3-6,11-17,24,33H,2,7-10,18-23H2. The van der Waals surface area contributed by atoms with E-state index >= 15 is 0 Å². The van der Waals surface area contributed by atoms with Crippen LogP contribution >= 0.6 is 0 Å². The fourth-order valence-electron chi connectivity index (χ4n) is 5.34. The minimum Gasteiger partial charge on any atom is -0.295 e. The number of rotatable bonds is 13. The normalized spacial score (nSPS) is 15.0. The van der Waals surface area contributed by atoms with Crippen LogP contribution in [-0.2, 0) is 33.3 Å². The summed E-state index contributed by atoms with van der Waals surface area (Å²) in [6.07, 6.45) is 7.12. The zero-order valence-corrected chi connectivity index (χ0v) is 25.0. The van der Waals surface area contributed by atoms with Crippen LogP contribution < -0.4 is 4.72 Å². The molecule has 0 spiro atoms. The molecule has 1 aliphatic heterocycles. The van der Waals surface area contributed by atoms with Crippen molar-refractivity contribution in [2.24, 2.45) is 0 Å². The monoisotopic (exact) mass is 613 g/mol. The van der Waals surface area contributed by atoms with Gasteiger partial charge in [0, 0.05) is 56.1 Å². The number of fused-ring (bicyclic) bond motifs is 1. The number of hydrogen-bond donors (Lipinski definition) is 1. The summed E-state index contributed by atoms with van der Waals surface area (Å²) in [5.41, 5.74) is 1.79. The first-order valence-electron chi connectivity index (χ1n) is 14.2. The summed E-state index contributed by atoms with van der Waals surface area (Å²) in [6.45, 7) is 2.59. The summed E-state index contributed by atoms with van der Waals surface area (Å²) in [6, 6.07) is 19.0. The molecule has 2 aromatic carbocycles. The van der Waals surface area contributed by atoms with E-state index in [1.54, 1.807) is 60.8 Å². The number of nitrogens with zero attached hydrogens (tertiary/aromatic N) is 4. The lowest BCUT2D eigenvalue weighted by molar-refractivity contribution is 0.247. The molecule has 0 saturated carbocycles. The maximum absolute atomic E-state index is 14.5. The van der Waals surface area contributed by atoms with Crippen LogP contribution in [0.4, 0.5) is 4.39 Å². The number of hydrogen-bond acceptors (Lipinski definition) is 6. The van der Waals surface area contributed by atoms with Gasteiger partial charge in [-0.05, 0) is 62.1 Å². The highest BCUT2D eigenvalue weighted by Gasteiger charge is 2.24. The molecule has 1 saturated heterocycles. The van der Waals surface area contributed by atoms with Gasteiger partial charge in [-0.3, -0.25) is 4.90 Å². The van der Waals surface area contributed by atoms with Crippen molar-refractivity contribution >= 4 is 31.1 Å². The molecule has 4 aromatic rings. The predicted octanol–water partition coefficient (Wildman–Crippen LogP) is 4.52. The zero-order valence-electron chi connectivity index (χ0n) is 23.4. The van der Waals surface area contributed by atoms with Gasteiger partial charge in [-0.15, -0.1) is 0 Å². The maximum Gasteiger partial charge on any atom is 0.279 e. The van der Waals surface area contributed by atoms with Crippen LogP contribution in [0.25, 0.3) is 10.9 Å². The molecule has 0 atom stereocenters. The lowest BCUT2D eigenvalue weighted by Crippen LogP contribution is -2.43. The highest BCUT2D eigenvalue weighted by atomic mass is 32.2. The average Bonchev–Trinajstić information content (AvgIpc) is 3.38. The van der Waals surface area contributed by atoms with Crippen LogP contribution in [0.2, 0.25) is 0 Å². The summed E-state index contributed by atoms with van der Waals surface area (Å²) in [5.74, 6) is -0.550. The molecular formula is C30H36FN5O4S2. The highest BCUT2D eigenvalue weighted by Crippen LogP contribution is 2.27. The molecule has 1 aliphatic rings. The third-order valence-electron chi connectivity index (χ3n) is 7.53. The molecular weight excluding hydrogens is 577 g/mol. The minimum atomic E-state index is -3.83. The van der Waals surface area contributed by atoms with Crippen LogP contribution in [0.1, 0.15) is 43.2 Å². The van der Waals surface area contributed by atoms with Gasteiger partial charge < -0.3 is 0 Å². The maximum atomic E-state index is 14.5. The number of piperidine rings is 1. The number of unbranched alkanes of at least 4 members (excludes halogenated alkanes) is 1. The van der Waals surface area contributed by atoms with Gasteiger partial charge in [0.05, 0.1) is 10.4 Å². The van der Waals surface area contributed by atoms with Crippen molar-refractivity contribution < 1.29 is 21.2 Å². The van der Waals surface area contributed by atoms with Crippen molar-refractivity contribution in [3.05, 3.63) is 96.2 Å². The second-order valence-electron chi connectivity index (χ2n) is 10.5. The molecule has 1 N–H and O–H groups in total. The number of nitrogens with one attached hydrogen (secondary N) is 1. The molecule has 0 aliphatic carbocycles. The summed E-state index contributed by atoms with van der Waals surface area (Å²) < 4.78 is 72.4. The number of pyridine rings is 1. The molecule has 2 aromatic heterocycles. The highest BCUT2D eigenvalue weighted by molar-refractivity contribution is 7.90. The van der Waals surface area contributed by atoms with Crippen molar-refractivity contribution in [3.63, 3.8) is 0 Å². The van der Waals surface area contributed by atoms with E-state index in [2.05, 4.69) is 9.71 Å². The molecule has 9 nitrogen and oxygen atoms in total. The Bertz CT molecular complexity index is 1710. The Balaban J connectivity index is 1.33. The summed E-state index contributed by atoms with van der Waals surface area (Å²) in [7, 11) is -7.33. The second kappa shape index (κ2) is 13.4. The Kier molecular flexibility index (Phi) is 9.69. The largest absolute Gasteiger partial charge is 0.295 e. The first-order valence-corrected chi connectivity index (χ1v) is 17.1. The Morgan fingerprint density at radius 2 is 1.55 bits per heavy atom. The summed E-state index contributed by atoms with van der Waals surface area (Å²) >= 11 is 0. The molecule has 12 heteroatoms. The van der Waals surface area contributed by atoms with Crippen LogP contribution in [0.15, 0.2) is 84.0 Å². The minimum absolute atomic E-state index is 0.193. The number of benzene rings is 2. The first kappa shape index (κ1) is 30.3. The smallest absolute Gasteiger partial charge is 0.279 e. The van der Waals surface area contributed by atoms with E-state index in [9.17, 15) is 21.2 Å². The molecule has 224 valence electrons. The van der Waals surface area contributed by atoms with Gasteiger partial charge >= 0.3 is 0 Å². The molecule has 3 heterocycles. The van der Waals surface area contributed by atoms with Crippen molar-refractivity contribution in [3.8, 4) is 0 Å². The first-order chi connectivity index (χ1) is 20.3. The van der Waals surface area contributed by atoms with Gasteiger partial charge in [0.1, 0.15) is 0 Å². The topological polar surface area (TPSA) is 105 Å². The summed E-state index contributed by atoms with van der Waals surface area (Å²) in [4.78, 5) is 6.02.